The molecule has 4 nitrogen and oxygen atoms in total. The summed E-state index contributed by atoms with van der Waals surface area (Å²) in [5.74, 6) is 1.32. The second-order valence-corrected chi connectivity index (χ2v) is 7.08. The van der Waals surface area contributed by atoms with Crippen LogP contribution in [0.3, 0.4) is 0 Å². The summed E-state index contributed by atoms with van der Waals surface area (Å²) in [6.07, 6.45) is 0. The average molecular weight is 232 g/mol. The molecule has 0 saturated heterocycles. The average Bonchev–Trinajstić information content (AvgIpc) is 2.13. The van der Waals surface area contributed by atoms with E-state index in [0.29, 0.717) is 12.4 Å². The van der Waals surface area contributed by atoms with Gasteiger partial charge < -0.3 is 4.74 Å². The van der Waals surface area contributed by atoms with Gasteiger partial charge in [0.15, 0.2) is 0 Å². The maximum absolute atomic E-state index is 10.9. The van der Waals surface area contributed by atoms with Crippen LogP contribution in [0.4, 0.5) is 0 Å². The van der Waals surface area contributed by atoms with Gasteiger partial charge in [-0.05, 0) is 12.1 Å². The minimum Gasteiger partial charge on any atom is -0.493 e. The lowest BCUT2D eigenvalue weighted by Crippen LogP contribution is -2.05. The van der Waals surface area contributed by atoms with Gasteiger partial charge in [0.2, 0.25) is 0 Å². The smallest absolute Gasteiger partial charge is 0.261 e. The molecule has 0 unspecified atom stereocenters. The van der Waals surface area contributed by atoms with Crippen LogP contribution in [-0.4, -0.2) is 12.4 Å². The molecule has 4 N–H and O–H groups in total. The van der Waals surface area contributed by atoms with Crippen LogP contribution < -0.4 is 15.7 Å². The molecule has 6 heteroatoms. The van der Waals surface area contributed by atoms with Crippen molar-refractivity contribution >= 4 is 18.0 Å². The number of hydrogen-bond donors (Lipinski definition) is 2. The Morgan fingerprint density at radius 1 is 1.29 bits per heavy atom. The van der Waals surface area contributed by atoms with E-state index in [1.54, 1.807) is 0 Å². The highest BCUT2D eigenvalue weighted by molar-refractivity contribution is 8.56. The lowest BCUT2D eigenvalue weighted by Gasteiger charge is -2.07. The Balaban J connectivity index is 2.20. The Morgan fingerprint density at radius 2 is 1.93 bits per heavy atom. The fourth-order valence-corrected chi connectivity index (χ4v) is 2.38. The van der Waals surface area contributed by atoms with E-state index in [1.807, 2.05) is 30.3 Å². The molecule has 0 atom stereocenters. The highest BCUT2D eigenvalue weighted by Gasteiger charge is 2.07. The molecule has 0 amide bonds. The van der Waals surface area contributed by atoms with E-state index >= 15 is 0 Å². The maximum Gasteiger partial charge on any atom is 0.261 e. The van der Waals surface area contributed by atoms with Crippen LogP contribution in [0.25, 0.3) is 0 Å². The minimum absolute atomic E-state index is 0.451. The van der Waals surface area contributed by atoms with Gasteiger partial charge in [0.05, 0.1) is 6.61 Å². The van der Waals surface area contributed by atoms with Gasteiger partial charge in [-0.2, -0.15) is 0 Å². The zero-order valence-corrected chi connectivity index (χ0v) is 9.34. The topological polar surface area (TPSA) is 78.3 Å². The zero-order valence-electron chi connectivity index (χ0n) is 7.63. The van der Waals surface area contributed by atoms with Crippen LogP contribution >= 0.6 is 18.0 Å². The lowest BCUT2D eigenvalue weighted by molar-refractivity contribution is 0.344. The summed E-state index contributed by atoms with van der Waals surface area (Å²) in [4.78, 5) is 0. The standard InChI is InChI=1S/C8H13N2O2PS/c9-13(10,11)14-7-6-12-8-4-2-1-3-5-8/h1-5H,6-7H2,(H4,9,10,11). The Morgan fingerprint density at radius 3 is 2.50 bits per heavy atom. The van der Waals surface area contributed by atoms with E-state index in [9.17, 15) is 4.57 Å². The third-order valence-electron chi connectivity index (χ3n) is 1.39. The monoisotopic (exact) mass is 232 g/mol. The summed E-state index contributed by atoms with van der Waals surface area (Å²) in [5.41, 5.74) is 10.3. The first kappa shape index (κ1) is 11.6. The van der Waals surface area contributed by atoms with E-state index in [2.05, 4.69) is 0 Å². The normalized spacial score (nSPS) is 11.3. The van der Waals surface area contributed by atoms with Crippen LogP contribution in [0, 0.1) is 0 Å². The Labute approximate surface area is 87.2 Å². The molecule has 0 bridgehead atoms. The number of rotatable bonds is 5. The molecule has 78 valence electrons. The molecule has 14 heavy (non-hydrogen) atoms. The number of benzene rings is 1. The molecule has 0 radical (unpaired) electrons. The van der Waals surface area contributed by atoms with E-state index in [-0.39, 0.29) is 0 Å². The van der Waals surface area contributed by atoms with Crippen LogP contribution in [0.1, 0.15) is 0 Å². The molecule has 1 aromatic carbocycles. The van der Waals surface area contributed by atoms with E-state index in [4.69, 9.17) is 15.7 Å². The number of nitrogens with two attached hydrogens (primary N) is 2. The van der Waals surface area contributed by atoms with Crippen molar-refractivity contribution in [1.29, 1.82) is 0 Å². The van der Waals surface area contributed by atoms with Crippen LogP contribution in [0.2, 0.25) is 0 Å². The number of ether oxygens (including phenoxy) is 1. The molecular weight excluding hydrogens is 219 g/mol. The minimum atomic E-state index is -2.95. The van der Waals surface area contributed by atoms with Gasteiger partial charge in [-0.3, -0.25) is 15.6 Å². The van der Waals surface area contributed by atoms with Gasteiger partial charge in [0.1, 0.15) is 5.75 Å². The second-order valence-electron chi connectivity index (χ2n) is 2.64. The Bertz CT molecular complexity index is 314. The van der Waals surface area contributed by atoms with Gasteiger partial charge in [0, 0.05) is 5.75 Å². The highest BCUT2D eigenvalue weighted by Crippen LogP contribution is 2.42. The van der Waals surface area contributed by atoms with E-state index in [1.165, 1.54) is 0 Å². The third-order valence-corrected chi connectivity index (χ3v) is 3.90. The highest BCUT2D eigenvalue weighted by atomic mass is 32.7. The SMILES string of the molecule is NP(N)(=O)SCCOc1ccccc1. The molecule has 0 aromatic heterocycles. The van der Waals surface area contributed by atoms with Gasteiger partial charge in [-0.25, -0.2) is 0 Å². The van der Waals surface area contributed by atoms with Crippen molar-refractivity contribution < 1.29 is 9.30 Å². The van der Waals surface area contributed by atoms with Crippen molar-refractivity contribution in [1.82, 2.24) is 0 Å². The summed E-state index contributed by atoms with van der Waals surface area (Å²) in [6, 6.07) is 9.40. The first-order valence-electron chi connectivity index (χ1n) is 4.07. The van der Waals surface area contributed by atoms with Gasteiger partial charge >= 0.3 is 0 Å². The fraction of sp³-hybridized carbons (Fsp3) is 0.250. The predicted molar refractivity (Wildman–Crippen MR) is 60.4 cm³/mol. The summed E-state index contributed by atoms with van der Waals surface area (Å²) >= 11 is 1.04. The van der Waals surface area contributed by atoms with Crippen molar-refractivity contribution in [2.24, 2.45) is 11.0 Å². The van der Waals surface area contributed by atoms with Crippen molar-refractivity contribution in [3.8, 4) is 5.75 Å². The van der Waals surface area contributed by atoms with Crippen molar-refractivity contribution in [3.63, 3.8) is 0 Å². The summed E-state index contributed by atoms with van der Waals surface area (Å²) in [7, 11) is 0. The quantitative estimate of drug-likeness (QED) is 0.598. The van der Waals surface area contributed by atoms with Crippen molar-refractivity contribution in [2.45, 2.75) is 0 Å². The molecule has 0 heterocycles. The molecule has 0 aliphatic carbocycles. The molecular formula is C8H13N2O2PS. The molecule has 0 aliphatic rings. The first-order valence-corrected chi connectivity index (χ1v) is 7.51. The van der Waals surface area contributed by atoms with Crippen LogP contribution in [0.15, 0.2) is 30.3 Å². The van der Waals surface area contributed by atoms with E-state index in [0.717, 1.165) is 17.1 Å². The van der Waals surface area contributed by atoms with Gasteiger partial charge in [-0.15, -0.1) is 0 Å². The second kappa shape index (κ2) is 5.41. The van der Waals surface area contributed by atoms with Crippen molar-refractivity contribution in [2.75, 3.05) is 12.4 Å². The number of hydrogen-bond acceptors (Lipinski definition) is 3. The molecule has 1 rings (SSSR count). The maximum atomic E-state index is 10.9. The molecule has 0 fully saturated rings. The third kappa shape index (κ3) is 5.29. The Hall–Kier alpha value is -0.480. The van der Waals surface area contributed by atoms with Gasteiger partial charge in [-0.1, -0.05) is 29.6 Å². The predicted octanol–water partition coefficient (Wildman–Crippen LogP) is 1.82. The van der Waals surface area contributed by atoms with E-state index < -0.39 is 6.65 Å². The molecule has 0 spiro atoms. The molecule has 0 aliphatic heterocycles. The summed E-state index contributed by atoms with van der Waals surface area (Å²) < 4.78 is 16.2. The van der Waals surface area contributed by atoms with Gasteiger partial charge in [0.25, 0.3) is 6.65 Å². The van der Waals surface area contributed by atoms with Crippen LogP contribution in [-0.2, 0) is 4.57 Å². The number of para-hydroxylation sites is 1. The molecule has 0 saturated carbocycles. The van der Waals surface area contributed by atoms with Crippen molar-refractivity contribution in [3.05, 3.63) is 30.3 Å². The largest absolute Gasteiger partial charge is 0.493 e. The Kier molecular flexibility index (Phi) is 4.48. The molecule has 1 aromatic rings. The summed E-state index contributed by atoms with van der Waals surface area (Å²) in [6.45, 7) is -2.50. The first-order chi connectivity index (χ1) is 6.58. The van der Waals surface area contributed by atoms with Crippen LogP contribution in [0.5, 0.6) is 5.75 Å². The summed E-state index contributed by atoms with van der Waals surface area (Å²) in [5, 5.41) is 0. The lowest BCUT2D eigenvalue weighted by atomic mass is 10.3. The zero-order chi connectivity index (χ0) is 10.4. The fourth-order valence-electron chi connectivity index (χ4n) is 0.856.